The Kier molecular flexibility index (Phi) is 8.08. The molecule has 3 heterocycles. The first-order chi connectivity index (χ1) is 19.9. The Morgan fingerprint density at radius 2 is 1.38 bits per heavy atom. The van der Waals surface area contributed by atoms with Gasteiger partial charge in [0.05, 0.1) is 28.3 Å². The Bertz CT molecular complexity index is 1440. The van der Waals surface area contributed by atoms with Crippen LogP contribution < -0.4 is 19.4 Å². The molecule has 0 radical (unpaired) electrons. The number of piperazine rings is 1. The highest BCUT2D eigenvalue weighted by molar-refractivity contribution is 5.56. The van der Waals surface area contributed by atoms with Crippen molar-refractivity contribution >= 4 is 17.2 Å². The fourth-order valence-corrected chi connectivity index (χ4v) is 5.35. The maximum atomic E-state index is 13.4. The fraction of sp³-hybridized carbons (Fsp3) is 0.414. The number of halogens is 6. The van der Waals surface area contributed by atoms with Crippen LogP contribution in [-0.4, -0.2) is 55.3 Å². The number of hydrogen-bond acceptors (Lipinski definition) is 7. The number of piperidine rings is 1. The van der Waals surface area contributed by atoms with Crippen molar-refractivity contribution in [3.63, 3.8) is 0 Å². The summed E-state index contributed by atoms with van der Waals surface area (Å²) < 4.78 is 85.1. The van der Waals surface area contributed by atoms with Gasteiger partial charge in [-0.15, -0.1) is 0 Å². The van der Waals surface area contributed by atoms with Crippen molar-refractivity contribution < 1.29 is 31.1 Å². The molecule has 2 aromatic carbocycles. The third kappa shape index (κ3) is 6.32. The van der Waals surface area contributed by atoms with E-state index >= 15 is 0 Å². The number of rotatable bonds is 5. The minimum absolute atomic E-state index is 0.181. The number of nitriles is 1. The average Bonchev–Trinajstić information content (AvgIpc) is 2.97. The molecule has 2 aliphatic rings. The minimum Gasteiger partial charge on any atom is -0.474 e. The highest BCUT2D eigenvalue weighted by atomic mass is 19.4. The molecule has 0 saturated carbocycles. The van der Waals surface area contributed by atoms with Gasteiger partial charge in [-0.25, -0.2) is 9.97 Å². The number of hydrogen-bond donors (Lipinski definition) is 0. The molecule has 13 heteroatoms. The van der Waals surface area contributed by atoms with Crippen LogP contribution in [0.15, 0.2) is 48.8 Å². The van der Waals surface area contributed by atoms with Gasteiger partial charge in [-0.1, -0.05) is 0 Å². The molecule has 0 aliphatic carbocycles. The topological polar surface area (TPSA) is 68.5 Å². The highest BCUT2D eigenvalue weighted by Crippen LogP contribution is 2.36. The van der Waals surface area contributed by atoms with Gasteiger partial charge in [-0.2, -0.15) is 31.6 Å². The molecule has 3 aromatic rings. The van der Waals surface area contributed by atoms with E-state index in [1.165, 1.54) is 30.6 Å². The van der Waals surface area contributed by atoms with E-state index < -0.39 is 29.0 Å². The zero-order valence-electron chi connectivity index (χ0n) is 22.7. The standard InChI is InChI=1S/C29H28F6N6O/c1-19-26(41-14-12-40(13-15-41)22-6-3-21(4-7-22)28(30,31)32)37-18-38-27(19)42-24-8-10-39(11-9-24)23-5-2-20(17-36)25(16-23)29(33,34)35/h2-7,16,18,24H,8-15H2,1H3. The van der Waals surface area contributed by atoms with Crippen molar-refractivity contribution in [1.29, 1.82) is 5.26 Å². The lowest BCUT2D eigenvalue weighted by molar-refractivity contribution is -0.138. The number of aromatic nitrogens is 2. The predicted molar refractivity (Wildman–Crippen MR) is 145 cm³/mol. The SMILES string of the molecule is Cc1c(OC2CCN(c3ccc(C#N)c(C(F)(F)F)c3)CC2)ncnc1N1CCN(c2ccc(C(F)(F)F)cc2)CC1. The van der Waals surface area contributed by atoms with E-state index in [0.29, 0.717) is 63.7 Å². The molecule has 0 N–H and O–H groups in total. The Labute approximate surface area is 238 Å². The summed E-state index contributed by atoms with van der Waals surface area (Å²) in [5.41, 5.74) is -0.108. The highest BCUT2D eigenvalue weighted by Gasteiger charge is 2.35. The molecule has 222 valence electrons. The molecule has 0 atom stereocenters. The predicted octanol–water partition coefficient (Wildman–Crippen LogP) is 6.07. The van der Waals surface area contributed by atoms with Crippen LogP contribution in [0.25, 0.3) is 0 Å². The van der Waals surface area contributed by atoms with Crippen molar-refractivity contribution in [3.05, 3.63) is 71.0 Å². The molecule has 2 fully saturated rings. The van der Waals surface area contributed by atoms with E-state index in [1.54, 1.807) is 6.07 Å². The van der Waals surface area contributed by atoms with Gasteiger partial charge in [-0.05, 0) is 49.4 Å². The summed E-state index contributed by atoms with van der Waals surface area (Å²) >= 11 is 0. The Hall–Kier alpha value is -4.21. The molecular weight excluding hydrogens is 562 g/mol. The summed E-state index contributed by atoms with van der Waals surface area (Å²) in [4.78, 5) is 14.8. The Morgan fingerprint density at radius 3 is 1.98 bits per heavy atom. The van der Waals surface area contributed by atoms with Crippen LogP contribution >= 0.6 is 0 Å². The first kappa shape index (κ1) is 29.3. The second-order valence-electron chi connectivity index (χ2n) is 10.3. The minimum atomic E-state index is -4.61. The van der Waals surface area contributed by atoms with Crippen molar-refractivity contribution in [2.24, 2.45) is 0 Å². The molecule has 7 nitrogen and oxygen atoms in total. The average molecular weight is 591 g/mol. The molecule has 0 spiro atoms. The number of anilines is 3. The van der Waals surface area contributed by atoms with Gasteiger partial charge >= 0.3 is 12.4 Å². The van der Waals surface area contributed by atoms with E-state index in [9.17, 15) is 26.3 Å². The van der Waals surface area contributed by atoms with Gasteiger partial charge in [0.1, 0.15) is 18.2 Å². The van der Waals surface area contributed by atoms with Crippen LogP contribution in [0.3, 0.4) is 0 Å². The van der Waals surface area contributed by atoms with Crippen molar-refractivity contribution in [2.75, 3.05) is 54.0 Å². The second kappa shape index (κ2) is 11.6. The zero-order chi connectivity index (χ0) is 30.1. The number of nitrogens with zero attached hydrogens (tertiary/aromatic N) is 6. The van der Waals surface area contributed by atoms with Gasteiger partial charge in [-0.3, -0.25) is 0 Å². The summed E-state index contributed by atoms with van der Waals surface area (Å²) in [5.74, 6) is 1.17. The van der Waals surface area contributed by atoms with Gasteiger partial charge in [0.15, 0.2) is 0 Å². The van der Waals surface area contributed by atoms with Crippen LogP contribution in [0.4, 0.5) is 43.5 Å². The molecule has 0 bridgehead atoms. The van der Waals surface area contributed by atoms with Crippen LogP contribution in [0.5, 0.6) is 5.88 Å². The van der Waals surface area contributed by atoms with Crippen molar-refractivity contribution in [3.8, 4) is 11.9 Å². The summed E-state index contributed by atoms with van der Waals surface area (Å²) in [6.07, 6.45) is -6.58. The summed E-state index contributed by atoms with van der Waals surface area (Å²) in [6, 6.07) is 10.5. The molecule has 0 unspecified atom stereocenters. The van der Waals surface area contributed by atoms with Crippen molar-refractivity contribution in [2.45, 2.75) is 38.2 Å². The Morgan fingerprint density at radius 1 is 0.786 bits per heavy atom. The molecule has 5 rings (SSSR count). The number of benzene rings is 2. The van der Waals surface area contributed by atoms with Gasteiger partial charge in [0.25, 0.3) is 0 Å². The van der Waals surface area contributed by atoms with E-state index in [4.69, 9.17) is 10.00 Å². The van der Waals surface area contributed by atoms with Gasteiger partial charge < -0.3 is 19.4 Å². The third-order valence-electron chi connectivity index (χ3n) is 7.66. The maximum Gasteiger partial charge on any atom is 0.417 e. The second-order valence-corrected chi connectivity index (χ2v) is 10.3. The van der Waals surface area contributed by atoms with E-state index in [0.717, 1.165) is 35.3 Å². The molecule has 2 saturated heterocycles. The normalized spacial score (nSPS) is 16.9. The molecular formula is C29H28F6N6O. The van der Waals surface area contributed by atoms with Gasteiger partial charge in [0.2, 0.25) is 5.88 Å². The molecule has 2 aliphatic heterocycles. The van der Waals surface area contributed by atoms with Crippen LogP contribution in [0.2, 0.25) is 0 Å². The third-order valence-corrected chi connectivity index (χ3v) is 7.66. The zero-order valence-corrected chi connectivity index (χ0v) is 22.7. The largest absolute Gasteiger partial charge is 0.474 e. The van der Waals surface area contributed by atoms with E-state index in [1.807, 2.05) is 16.7 Å². The quantitative estimate of drug-likeness (QED) is 0.334. The first-order valence-electron chi connectivity index (χ1n) is 13.5. The monoisotopic (exact) mass is 590 g/mol. The smallest absolute Gasteiger partial charge is 0.417 e. The van der Waals surface area contributed by atoms with Crippen LogP contribution in [0.1, 0.15) is 35.1 Å². The number of ether oxygens (including phenoxy) is 1. The number of alkyl halides is 6. The molecule has 0 amide bonds. The maximum absolute atomic E-state index is 13.4. The fourth-order valence-electron chi connectivity index (χ4n) is 5.35. The summed E-state index contributed by atoms with van der Waals surface area (Å²) in [5, 5.41) is 9.05. The lowest BCUT2D eigenvalue weighted by atomic mass is 10.0. The van der Waals surface area contributed by atoms with E-state index in [2.05, 4.69) is 14.9 Å². The van der Waals surface area contributed by atoms with E-state index in [-0.39, 0.29) is 6.10 Å². The summed E-state index contributed by atoms with van der Waals surface area (Å²) in [6.45, 7) is 5.27. The van der Waals surface area contributed by atoms with Crippen molar-refractivity contribution in [1.82, 2.24) is 9.97 Å². The van der Waals surface area contributed by atoms with Crippen LogP contribution in [0, 0.1) is 18.3 Å². The lowest BCUT2D eigenvalue weighted by Gasteiger charge is -2.37. The molecule has 42 heavy (non-hydrogen) atoms. The van der Waals surface area contributed by atoms with Gasteiger partial charge in [0, 0.05) is 63.5 Å². The Balaban J connectivity index is 1.18. The lowest BCUT2D eigenvalue weighted by Crippen LogP contribution is -2.47. The first-order valence-corrected chi connectivity index (χ1v) is 13.5. The van der Waals surface area contributed by atoms with Crippen LogP contribution in [-0.2, 0) is 12.4 Å². The molecule has 1 aromatic heterocycles. The summed E-state index contributed by atoms with van der Waals surface area (Å²) in [7, 11) is 0.